The van der Waals surface area contributed by atoms with Crippen molar-refractivity contribution < 1.29 is 14.5 Å². The Kier molecular flexibility index (Phi) is 5.03. The fraction of sp³-hybridized carbons (Fsp3) is 0.333. The van der Waals surface area contributed by atoms with Gasteiger partial charge in [-0.2, -0.15) is 0 Å². The summed E-state index contributed by atoms with van der Waals surface area (Å²) in [5, 5.41) is 14.1. The molecule has 0 saturated carbocycles. The molecular formula is C18H19N3O4S. The number of rotatable bonds is 4. The standard InChI is InChI=1S/C18H19N3O4S/c1-10-9-11(7-8-13(10)21(24)25)17(23)20-18-15(16(19)22)12-5-3-2-4-6-14(12)26-18/h7-9H,2-6H2,1H3,(H2,19,22)(H,20,23). The highest BCUT2D eigenvalue weighted by atomic mass is 32.1. The molecule has 26 heavy (non-hydrogen) atoms. The number of thiophene rings is 1. The molecule has 0 bridgehead atoms. The lowest BCUT2D eigenvalue weighted by Crippen LogP contribution is -2.18. The van der Waals surface area contributed by atoms with E-state index in [1.54, 1.807) is 6.92 Å². The molecule has 7 nitrogen and oxygen atoms in total. The second-order valence-corrected chi connectivity index (χ2v) is 7.45. The number of nitrogens with one attached hydrogen (secondary N) is 1. The van der Waals surface area contributed by atoms with Crippen molar-refractivity contribution in [2.45, 2.75) is 39.0 Å². The lowest BCUT2D eigenvalue weighted by molar-refractivity contribution is -0.385. The zero-order valence-electron chi connectivity index (χ0n) is 14.3. The molecule has 0 fully saturated rings. The van der Waals surface area contributed by atoms with Gasteiger partial charge in [-0.15, -0.1) is 11.3 Å². The third-order valence-corrected chi connectivity index (χ3v) is 5.76. The number of hydrogen-bond acceptors (Lipinski definition) is 5. The largest absolute Gasteiger partial charge is 0.365 e. The van der Waals surface area contributed by atoms with E-state index in [2.05, 4.69) is 5.32 Å². The highest BCUT2D eigenvalue weighted by Crippen LogP contribution is 2.37. The van der Waals surface area contributed by atoms with Crippen LogP contribution in [0.3, 0.4) is 0 Å². The van der Waals surface area contributed by atoms with E-state index < -0.39 is 16.7 Å². The minimum Gasteiger partial charge on any atom is -0.365 e. The van der Waals surface area contributed by atoms with E-state index in [4.69, 9.17) is 5.73 Å². The van der Waals surface area contributed by atoms with Gasteiger partial charge in [-0.1, -0.05) is 6.42 Å². The summed E-state index contributed by atoms with van der Waals surface area (Å²) in [6.07, 6.45) is 4.84. The predicted molar refractivity (Wildman–Crippen MR) is 99.9 cm³/mol. The van der Waals surface area contributed by atoms with Crippen LogP contribution in [0.25, 0.3) is 0 Å². The first kappa shape index (κ1) is 18.1. The van der Waals surface area contributed by atoms with E-state index in [0.717, 1.165) is 42.5 Å². The smallest absolute Gasteiger partial charge is 0.272 e. The van der Waals surface area contributed by atoms with Gasteiger partial charge in [0.15, 0.2) is 0 Å². The minimum absolute atomic E-state index is 0.0396. The molecule has 8 heteroatoms. The third-order valence-electron chi connectivity index (χ3n) is 4.55. The molecule has 0 spiro atoms. The van der Waals surface area contributed by atoms with Crippen molar-refractivity contribution in [3.05, 3.63) is 55.4 Å². The maximum atomic E-state index is 12.6. The Bertz CT molecular complexity index is 904. The number of fused-ring (bicyclic) bond motifs is 1. The maximum absolute atomic E-state index is 12.6. The third kappa shape index (κ3) is 3.45. The van der Waals surface area contributed by atoms with E-state index in [1.807, 2.05) is 0 Å². The number of aryl methyl sites for hydroxylation is 2. The van der Waals surface area contributed by atoms with E-state index in [-0.39, 0.29) is 5.69 Å². The lowest BCUT2D eigenvalue weighted by atomic mass is 10.0. The first-order valence-corrected chi connectivity index (χ1v) is 9.21. The molecule has 2 amide bonds. The number of carbonyl (C=O) groups excluding carboxylic acids is 2. The van der Waals surface area contributed by atoms with Gasteiger partial charge < -0.3 is 11.1 Å². The van der Waals surface area contributed by atoms with Crippen LogP contribution in [-0.4, -0.2) is 16.7 Å². The van der Waals surface area contributed by atoms with Crippen LogP contribution in [0.15, 0.2) is 18.2 Å². The van der Waals surface area contributed by atoms with Crippen molar-refractivity contribution in [1.82, 2.24) is 0 Å². The Morgan fingerprint density at radius 2 is 1.96 bits per heavy atom. The van der Waals surface area contributed by atoms with Gasteiger partial charge in [-0.3, -0.25) is 19.7 Å². The average molecular weight is 373 g/mol. The van der Waals surface area contributed by atoms with Gasteiger partial charge in [0.1, 0.15) is 5.00 Å². The number of amides is 2. The normalized spacial score (nSPS) is 13.6. The van der Waals surface area contributed by atoms with Crippen LogP contribution < -0.4 is 11.1 Å². The van der Waals surface area contributed by atoms with Crippen molar-refractivity contribution >= 4 is 33.8 Å². The molecule has 1 aromatic heterocycles. The predicted octanol–water partition coefficient (Wildman–Crippen LogP) is 3.58. The molecular weight excluding hydrogens is 354 g/mol. The fourth-order valence-corrected chi connectivity index (χ4v) is 4.56. The van der Waals surface area contributed by atoms with E-state index in [9.17, 15) is 19.7 Å². The van der Waals surface area contributed by atoms with Crippen LogP contribution in [0.1, 0.15) is 56.0 Å². The Hall–Kier alpha value is -2.74. The second kappa shape index (κ2) is 7.25. The number of benzene rings is 1. The molecule has 0 unspecified atom stereocenters. The molecule has 0 atom stereocenters. The maximum Gasteiger partial charge on any atom is 0.272 e. The van der Waals surface area contributed by atoms with Crippen molar-refractivity contribution in [2.75, 3.05) is 5.32 Å². The molecule has 1 heterocycles. The number of nitrogens with zero attached hydrogens (tertiary/aromatic N) is 1. The number of nitro benzene ring substituents is 1. The highest BCUT2D eigenvalue weighted by molar-refractivity contribution is 7.17. The Labute approximate surface area is 154 Å². The Balaban J connectivity index is 1.91. The number of anilines is 1. The van der Waals surface area contributed by atoms with Crippen LogP contribution in [-0.2, 0) is 12.8 Å². The molecule has 136 valence electrons. The van der Waals surface area contributed by atoms with Crippen molar-refractivity contribution in [3.63, 3.8) is 0 Å². The highest BCUT2D eigenvalue weighted by Gasteiger charge is 2.24. The summed E-state index contributed by atoms with van der Waals surface area (Å²) < 4.78 is 0. The molecule has 0 saturated heterocycles. The summed E-state index contributed by atoms with van der Waals surface area (Å²) >= 11 is 1.40. The van der Waals surface area contributed by atoms with Crippen LogP contribution in [0, 0.1) is 17.0 Å². The summed E-state index contributed by atoms with van der Waals surface area (Å²) in [6.45, 7) is 1.58. The van der Waals surface area contributed by atoms with Gasteiger partial charge >= 0.3 is 0 Å². The average Bonchev–Trinajstić information content (AvgIpc) is 2.75. The fourth-order valence-electron chi connectivity index (χ4n) is 3.27. The van der Waals surface area contributed by atoms with Crippen LogP contribution in [0.2, 0.25) is 0 Å². The SMILES string of the molecule is Cc1cc(C(=O)Nc2sc3c(c2C(N)=O)CCCCC3)ccc1[N+](=O)[O-]. The van der Waals surface area contributed by atoms with Gasteiger partial charge in [-0.25, -0.2) is 0 Å². The summed E-state index contributed by atoms with van der Waals surface area (Å²) in [5.74, 6) is -0.957. The molecule has 3 N–H and O–H groups in total. The minimum atomic E-state index is -0.542. The van der Waals surface area contributed by atoms with Crippen molar-refractivity contribution in [3.8, 4) is 0 Å². The van der Waals surface area contributed by atoms with Crippen LogP contribution >= 0.6 is 11.3 Å². The topological polar surface area (TPSA) is 115 Å². The number of primary amides is 1. The molecule has 1 aliphatic carbocycles. The van der Waals surface area contributed by atoms with Crippen LogP contribution in [0.4, 0.5) is 10.7 Å². The van der Waals surface area contributed by atoms with E-state index in [0.29, 0.717) is 21.7 Å². The molecule has 1 aromatic carbocycles. The van der Waals surface area contributed by atoms with E-state index >= 15 is 0 Å². The van der Waals surface area contributed by atoms with Crippen LogP contribution in [0.5, 0.6) is 0 Å². The first-order valence-electron chi connectivity index (χ1n) is 8.39. The summed E-state index contributed by atoms with van der Waals surface area (Å²) in [7, 11) is 0. The zero-order valence-corrected chi connectivity index (χ0v) is 15.1. The van der Waals surface area contributed by atoms with Crippen molar-refractivity contribution in [1.29, 1.82) is 0 Å². The number of nitrogens with two attached hydrogens (primary N) is 1. The molecule has 1 aliphatic rings. The van der Waals surface area contributed by atoms with Crippen molar-refractivity contribution in [2.24, 2.45) is 5.73 Å². The van der Waals surface area contributed by atoms with Gasteiger partial charge in [-0.05, 0) is 50.3 Å². The molecule has 3 rings (SSSR count). The lowest BCUT2D eigenvalue weighted by Gasteiger charge is -2.07. The first-order chi connectivity index (χ1) is 12.4. The second-order valence-electron chi connectivity index (χ2n) is 6.35. The summed E-state index contributed by atoms with van der Waals surface area (Å²) in [5.41, 5.74) is 7.58. The number of carbonyl (C=O) groups is 2. The quantitative estimate of drug-likeness (QED) is 0.484. The molecule has 0 radical (unpaired) electrons. The van der Waals surface area contributed by atoms with Gasteiger partial charge in [0, 0.05) is 22.1 Å². The molecule has 2 aromatic rings. The number of hydrogen-bond donors (Lipinski definition) is 2. The van der Waals surface area contributed by atoms with E-state index in [1.165, 1.54) is 29.5 Å². The Morgan fingerprint density at radius 1 is 1.23 bits per heavy atom. The number of nitro groups is 1. The summed E-state index contributed by atoms with van der Waals surface area (Å²) in [4.78, 5) is 36.1. The monoisotopic (exact) mass is 373 g/mol. The molecule has 0 aliphatic heterocycles. The van der Waals surface area contributed by atoms with Gasteiger partial charge in [0.2, 0.25) is 0 Å². The summed E-state index contributed by atoms with van der Waals surface area (Å²) in [6, 6.07) is 4.18. The van der Waals surface area contributed by atoms with Gasteiger partial charge in [0.05, 0.1) is 10.5 Å². The zero-order chi connectivity index (χ0) is 18.8. The Morgan fingerprint density at radius 3 is 2.62 bits per heavy atom. The van der Waals surface area contributed by atoms with Gasteiger partial charge in [0.25, 0.3) is 17.5 Å².